The van der Waals surface area contributed by atoms with E-state index < -0.39 is 0 Å². The molecule has 3 aliphatic rings. The van der Waals surface area contributed by atoms with Crippen molar-refractivity contribution in [2.75, 3.05) is 0 Å². The van der Waals surface area contributed by atoms with Crippen molar-refractivity contribution in [3.05, 3.63) is 0 Å². The third-order valence-electron chi connectivity index (χ3n) is 5.51. The van der Waals surface area contributed by atoms with Gasteiger partial charge in [0.05, 0.1) is 12.0 Å². The molecule has 0 radical (unpaired) electrons. The molecule has 0 N–H and O–H groups in total. The molecule has 7 atom stereocenters. The zero-order valence-corrected chi connectivity index (χ0v) is 11.6. The lowest BCUT2D eigenvalue weighted by Crippen LogP contribution is -2.51. The summed E-state index contributed by atoms with van der Waals surface area (Å²) in [6.45, 7) is 6.49. The number of hydrogen-bond acceptors (Lipinski definition) is 3. The Morgan fingerprint density at radius 2 is 1.72 bits per heavy atom. The van der Waals surface area contributed by atoms with E-state index in [4.69, 9.17) is 9.47 Å². The highest BCUT2D eigenvalue weighted by Gasteiger charge is 2.52. The summed E-state index contributed by atoms with van der Waals surface area (Å²) in [4.78, 5) is 11.9. The highest BCUT2D eigenvalue weighted by atomic mass is 16.7. The average molecular weight is 252 g/mol. The summed E-state index contributed by atoms with van der Waals surface area (Å²) in [6, 6.07) is 0. The fourth-order valence-corrected chi connectivity index (χ4v) is 4.34. The van der Waals surface area contributed by atoms with E-state index >= 15 is 0 Å². The molecule has 3 fully saturated rings. The lowest BCUT2D eigenvalue weighted by Gasteiger charge is -2.48. The predicted octanol–water partition coefficient (Wildman–Crippen LogP) is 2.98. The van der Waals surface area contributed by atoms with Gasteiger partial charge in [0.25, 0.3) is 0 Å². The van der Waals surface area contributed by atoms with Crippen LogP contribution in [0.15, 0.2) is 0 Å². The van der Waals surface area contributed by atoms with Crippen LogP contribution in [0, 0.1) is 29.6 Å². The number of carbonyl (C=O) groups excluding carboxylic acids is 1. The van der Waals surface area contributed by atoms with Gasteiger partial charge in [-0.2, -0.15) is 0 Å². The van der Waals surface area contributed by atoms with E-state index in [0.717, 1.165) is 18.8 Å². The Hall–Kier alpha value is -0.570. The third kappa shape index (κ3) is 1.87. The van der Waals surface area contributed by atoms with Crippen LogP contribution in [0.5, 0.6) is 0 Å². The summed E-state index contributed by atoms with van der Waals surface area (Å²) < 4.78 is 11.6. The second-order valence-corrected chi connectivity index (χ2v) is 6.58. The van der Waals surface area contributed by atoms with Crippen molar-refractivity contribution in [3.63, 3.8) is 0 Å². The molecule has 1 aliphatic carbocycles. The van der Waals surface area contributed by atoms with Gasteiger partial charge in [-0.05, 0) is 43.9 Å². The van der Waals surface area contributed by atoms with E-state index in [1.165, 1.54) is 12.8 Å². The first-order valence-corrected chi connectivity index (χ1v) is 7.44. The Morgan fingerprint density at radius 1 is 1.00 bits per heavy atom. The first-order chi connectivity index (χ1) is 8.58. The smallest absolute Gasteiger partial charge is 0.311 e. The fourth-order valence-electron chi connectivity index (χ4n) is 4.34. The molecule has 18 heavy (non-hydrogen) atoms. The first kappa shape index (κ1) is 12.5. The molecule has 2 saturated heterocycles. The fraction of sp³-hybridized carbons (Fsp3) is 0.933. The summed E-state index contributed by atoms with van der Waals surface area (Å²) in [5, 5.41) is 0. The van der Waals surface area contributed by atoms with Gasteiger partial charge in [-0.15, -0.1) is 0 Å². The number of rotatable bonds is 0. The lowest BCUT2D eigenvalue weighted by molar-refractivity contribution is -0.240. The maximum Gasteiger partial charge on any atom is 0.311 e. The minimum Gasteiger partial charge on any atom is -0.435 e. The minimum absolute atomic E-state index is 0.0522. The molecule has 0 aromatic rings. The molecule has 102 valence electrons. The molecule has 0 bridgehead atoms. The first-order valence-electron chi connectivity index (χ1n) is 7.44. The minimum atomic E-state index is -0.274. The third-order valence-corrected chi connectivity index (χ3v) is 5.51. The van der Waals surface area contributed by atoms with Gasteiger partial charge in [-0.3, -0.25) is 4.79 Å². The van der Waals surface area contributed by atoms with Gasteiger partial charge in [0.2, 0.25) is 6.29 Å². The van der Waals surface area contributed by atoms with Gasteiger partial charge in [0, 0.05) is 5.92 Å². The van der Waals surface area contributed by atoms with Crippen LogP contribution in [0.2, 0.25) is 0 Å². The number of esters is 1. The molecule has 3 rings (SSSR count). The van der Waals surface area contributed by atoms with Crippen molar-refractivity contribution >= 4 is 5.97 Å². The van der Waals surface area contributed by atoms with Gasteiger partial charge < -0.3 is 9.47 Å². The van der Waals surface area contributed by atoms with E-state index in [0.29, 0.717) is 17.8 Å². The molecular weight excluding hydrogens is 228 g/mol. The summed E-state index contributed by atoms with van der Waals surface area (Å²) in [7, 11) is 0. The van der Waals surface area contributed by atoms with E-state index in [-0.39, 0.29) is 24.3 Å². The Morgan fingerprint density at radius 3 is 2.50 bits per heavy atom. The SMILES string of the molecule is CC1CC[C@@H]2C3C(OC(=O)C(C)[C@@H]3CC[C@H]2C)O1. The quantitative estimate of drug-likeness (QED) is 0.622. The van der Waals surface area contributed by atoms with Crippen LogP contribution in [0.4, 0.5) is 0 Å². The molecule has 0 aromatic carbocycles. The van der Waals surface area contributed by atoms with Gasteiger partial charge in [0.15, 0.2) is 0 Å². The van der Waals surface area contributed by atoms with Crippen LogP contribution >= 0.6 is 0 Å². The molecule has 2 heterocycles. The standard InChI is InChI=1S/C15H24O3/c1-8-4-6-12-10(3)14(16)18-15-13(12)11(8)7-5-9(2)17-15/h8-13,15H,4-7H2,1-3H3/t8-,9?,10?,11+,12+,13?,15?/m1/s1. The molecule has 3 heteroatoms. The van der Waals surface area contributed by atoms with E-state index in [9.17, 15) is 4.79 Å². The zero-order chi connectivity index (χ0) is 12.9. The Bertz CT molecular complexity index is 341. The Balaban J connectivity index is 1.92. The van der Waals surface area contributed by atoms with Crippen LogP contribution < -0.4 is 0 Å². The van der Waals surface area contributed by atoms with Gasteiger partial charge in [-0.1, -0.05) is 20.3 Å². The van der Waals surface area contributed by atoms with Gasteiger partial charge in [0.1, 0.15) is 0 Å². The lowest BCUT2D eigenvalue weighted by atomic mass is 9.61. The number of hydrogen-bond donors (Lipinski definition) is 0. The molecule has 3 nitrogen and oxygen atoms in total. The Labute approximate surface area is 109 Å². The van der Waals surface area contributed by atoms with Crippen LogP contribution in [-0.4, -0.2) is 18.4 Å². The van der Waals surface area contributed by atoms with Crippen LogP contribution in [0.1, 0.15) is 46.5 Å². The molecule has 1 saturated carbocycles. The molecule has 0 aromatic heterocycles. The van der Waals surface area contributed by atoms with Gasteiger partial charge in [-0.25, -0.2) is 0 Å². The van der Waals surface area contributed by atoms with Crippen LogP contribution in [-0.2, 0) is 14.3 Å². The summed E-state index contributed by atoms with van der Waals surface area (Å²) in [5.74, 6) is 2.33. The topological polar surface area (TPSA) is 35.5 Å². The maximum atomic E-state index is 11.9. The van der Waals surface area contributed by atoms with Crippen molar-refractivity contribution in [1.82, 2.24) is 0 Å². The van der Waals surface area contributed by atoms with E-state index in [1.807, 2.05) is 6.92 Å². The number of carbonyl (C=O) groups is 1. The molecule has 4 unspecified atom stereocenters. The Kier molecular flexibility index (Phi) is 3.13. The second kappa shape index (κ2) is 4.52. The van der Waals surface area contributed by atoms with E-state index in [1.54, 1.807) is 0 Å². The van der Waals surface area contributed by atoms with Crippen molar-refractivity contribution in [2.45, 2.75) is 58.8 Å². The monoisotopic (exact) mass is 252 g/mol. The van der Waals surface area contributed by atoms with Crippen molar-refractivity contribution in [3.8, 4) is 0 Å². The van der Waals surface area contributed by atoms with Crippen molar-refractivity contribution < 1.29 is 14.3 Å². The highest BCUT2D eigenvalue weighted by Crippen LogP contribution is 2.50. The highest BCUT2D eigenvalue weighted by molar-refractivity contribution is 5.73. The van der Waals surface area contributed by atoms with Crippen molar-refractivity contribution in [1.29, 1.82) is 0 Å². The molecule has 0 amide bonds. The van der Waals surface area contributed by atoms with Crippen LogP contribution in [0.25, 0.3) is 0 Å². The average Bonchev–Trinajstić information content (AvgIpc) is 2.49. The molecular formula is C15H24O3. The molecule has 0 spiro atoms. The van der Waals surface area contributed by atoms with Crippen LogP contribution in [0.3, 0.4) is 0 Å². The largest absolute Gasteiger partial charge is 0.435 e. The summed E-state index contributed by atoms with van der Waals surface area (Å²) in [5.41, 5.74) is 0. The normalized spacial score (nSPS) is 52.2. The van der Waals surface area contributed by atoms with E-state index in [2.05, 4.69) is 13.8 Å². The molecule has 2 aliphatic heterocycles. The summed E-state index contributed by atoms with van der Waals surface area (Å²) in [6.07, 6.45) is 4.68. The second-order valence-electron chi connectivity index (χ2n) is 6.58. The zero-order valence-electron chi connectivity index (χ0n) is 11.6. The van der Waals surface area contributed by atoms with Gasteiger partial charge >= 0.3 is 5.97 Å². The maximum absolute atomic E-state index is 11.9. The van der Waals surface area contributed by atoms with Crippen molar-refractivity contribution in [2.24, 2.45) is 29.6 Å². The predicted molar refractivity (Wildman–Crippen MR) is 67.7 cm³/mol. The number of ether oxygens (including phenoxy) is 2. The summed E-state index contributed by atoms with van der Waals surface area (Å²) >= 11 is 0.